The van der Waals surface area contributed by atoms with E-state index in [1.165, 1.54) is 11.1 Å². The Bertz CT molecular complexity index is 824. The van der Waals surface area contributed by atoms with Crippen molar-refractivity contribution in [1.82, 2.24) is 9.88 Å². The average Bonchev–Trinajstić information content (AvgIpc) is 3.05. The summed E-state index contributed by atoms with van der Waals surface area (Å²) in [7, 11) is 0. The SMILES string of the molecule is O=CC[C@H]1c2ccccc2C2CN(C(=O)CCCNc3ccccn3)CCC21. The smallest absolute Gasteiger partial charge is 0.222 e. The lowest BCUT2D eigenvalue weighted by atomic mass is 9.80. The molecular weight excluding hydrogens is 350 g/mol. The van der Waals surface area contributed by atoms with Gasteiger partial charge in [0, 0.05) is 44.6 Å². The minimum atomic E-state index is 0.234. The number of fused-ring (bicyclic) bond motifs is 3. The number of hydrogen-bond donors (Lipinski definition) is 1. The Hall–Kier alpha value is -2.69. The molecule has 5 heteroatoms. The molecule has 2 heterocycles. The summed E-state index contributed by atoms with van der Waals surface area (Å²) in [5, 5.41) is 3.26. The Morgan fingerprint density at radius 3 is 2.79 bits per heavy atom. The zero-order valence-electron chi connectivity index (χ0n) is 16.1. The van der Waals surface area contributed by atoms with E-state index in [1.54, 1.807) is 6.20 Å². The van der Waals surface area contributed by atoms with E-state index in [9.17, 15) is 9.59 Å². The molecule has 0 spiro atoms. The second-order valence-corrected chi connectivity index (χ2v) is 7.78. The van der Waals surface area contributed by atoms with E-state index in [0.29, 0.717) is 30.6 Å². The Balaban J connectivity index is 1.33. The highest BCUT2D eigenvalue weighted by Crippen LogP contribution is 2.51. The van der Waals surface area contributed by atoms with Crippen LogP contribution in [0, 0.1) is 5.92 Å². The first-order valence-electron chi connectivity index (χ1n) is 10.2. The summed E-state index contributed by atoms with van der Waals surface area (Å²) in [6, 6.07) is 14.2. The second-order valence-electron chi connectivity index (χ2n) is 7.78. The highest BCUT2D eigenvalue weighted by molar-refractivity contribution is 5.76. The molecule has 0 saturated carbocycles. The van der Waals surface area contributed by atoms with Crippen LogP contribution in [0.1, 0.15) is 48.6 Å². The molecule has 0 bridgehead atoms. The van der Waals surface area contributed by atoms with Crippen LogP contribution in [0.15, 0.2) is 48.7 Å². The van der Waals surface area contributed by atoms with E-state index in [-0.39, 0.29) is 5.91 Å². The number of piperidine rings is 1. The van der Waals surface area contributed by atoms with Gasteiger partial charge in [-0.25, -0.2) is 4.98 Å². The lowest BCUT2D eigenvalue weighted by molar-refractivity contribution is -0.133. The minimum Gasteiger partial charge on any atom is -0.370 e. The summed E-state index contributed by atoms with van der Waals surface area (Å²) < 4.78 is 0. The van der Waals surface area contributed by atoms with Gasteiger partial charge in [0.15, 0.2) is 0 Å². The highest BCUT2D eigenvalue weighted by atomic mass is 16.2. The van der Waals surface area contributed by atoms with Crippen LogP contribution >= 0.6 is 0 Å². The molecule has 1 fully saturated rings. The molecule has 28 heavy (non-hydrogen) atoms. The van der Waals surface area contributed by atoms with Crippen LogP contribution in [-0.4, -0.2) is 41.7 Å². The lowest BCUT2D eigenvalue weighted by Gasteiger charge is -2.37. The molecule has 1 aliphatic carbocycles. The number of nitrogens with zero attached hydrogens (tertiary/aromatic N) is 2. The summed E-state index contributed by atoms with van der Waals surface area (Å²) in [5.74, 6) is 2.25. The quantitative estimate of drug-likeness (QED) is 0.592. The van der Waals surface area contributed by atoms with Crippen molar-refractivity contribution in [2.24, 2.45) is 5.92 Å². The summed E-state index contributed by atoms with van der Waals surface area (Å²) in [4.78, 5) is 30.2. The van der Waals surface area contributed by atoms with E-state index in [2.05, 4.69) is 34.6 Å². The Morgan fingerprint density at radius 1 is 1.18 bits per heavy atom. The van der Waals surface area contributed by atoms with Gasteiger partial charge in [0.05, 0.1) is 0 Å². The largest absolute Gasteiger partial charge is 0.370 e. The molecule has 2 aliphatic rings. The normalized spacial score (nSPS) is 23.0. The molecule has 1 N–H and O–H groups in total. The maximum atomic E-state index is 12.7. The van der Waals surface area contributed by atoms with Gasteiger partial charge in [-0.15, -0.1) is 0 Å². The fourth-order valence-electron chi connectivity index (χ4n) is 4.91. The Labute approximate surface area is 166 Å². The van der Waals surface area contributed by atoms with Crippen molar-refractivity contribution in [2.45, 2.75) is 37.5 Å². The van der Waals surface area contributed by atoms with Crippen LogP contribution < -0.4 is 5.32 Å². The first-order valence-corrected chi connectivity index (χ1v) is 10.2. The molecule has 3 atom stereocenters. The fourth-order valence-corrected chi connectivity index (χ4v) is 4.91. The van der Waals surface area contributed by atoms with E-state index in [0.717, 1.165) is 44.6 Å². The van der Waals surface area contributed by atoms with Gasteiger partial charge in [-0.3, -0.25) is 4.79 Å². The van der Waals surface area contributed by atoms with Crippen molar-refractivity contribution in [3.05, 3.63) is 59.8 Å². The van der Waals surface area contributed by atoms with Crippen molar-refractivity contribution in [3.8, 4) is 0 Å². The maximum Gasteiger partial charge on any atom is 0.222 e. The van der Waals surface area contributed by atoms with Gasteiger partial charge in [0.2, 0.25) is 5.91 Å². The molecule has 1 aliphatic heterocycles. The van der Waals surface area contributed by atoms with Crippen LogP contribution in [0.2, 0.25) is 0 Å². The van der Waals surface area contributed by atoms with Gasteiger partial charge in [0.25, 0.3) is 0 Å². The van der Waals surface area contributed by atoms with Crippen molar-refractivity contribution >= 4 is 18.0 Å². The number of amides is 1. The van der Waals surface area contributed by atoms with Crippen molar-refractivity contribution in [2.75, 3.05) is 25.0 Å². The molecule has 0 radical (unpaired) electrons. The third kappa shape index (κ3) is 3.79. The second kappa shape index (κ2) is 8.55. The first kappa shape index (κ1) is 18.7. The van der Waals surface area contributed by atoms with Gasteiger partial charge in [0.1, 0.15) is 12.1 Å². The number of likely N-dealkylation sites (tertiary alicyclic amines) is 1. The van der Waals surface area contributed by atoms with Crippen molar-refractivity contribution in [1.29, 1.82) is 0 Å². The zero-order valence-corrected chi connectivity index (χ0v) is 16.1. The number of hydrogen-bond acceptors (Lipinski definition) is 4. The van der Waals surface area contributed by atoms with E-state index < -0.39 is 0 Å². The molecule has 1 aromatic heterocycles. The van der Waals surface area contributed by atoms with Gasteiger partial charge < -0.3 is 15.0 Å². The summed E-state index contributed by atoms with van der Waals surface area (Å²) in [6.07, 6.45) is 5.73. The Kier molecular flexibility index (Phi) is 5.70. The molecule has 4 rings (SSSR count). The third-order valence-electron chi connectivity index (χ3n) is 6.22. The number of aromatic nitrogens is 1. The zero-order chi connectivity index (χ0) is 19.3. The molecule has 1 amide bonds. The van der Waals surface area contributed by atoms with E-state index in [1.807, 2.05) is 23.1 Å². The van der Waals surface area contributed by atoms with Crippen LogP contribution in [0.4, 0.5) is 5.82 Å². The standard InChI is InChI=1S/C23H27N3O2/c27-15-11-20-17-6-1-2-7-18(17)21-16-26(14-10-19(20)21)23(28)9-5-13-25-22-8-3-4-12-24-22/h1-4,6-8,12,15,19-21H,5,9-11,13-14,16H2,(H,24,25)/t19?,20-,21?/m0/s1. The summed E-state index contributed by atoms with van der Waals surface area (Å²) >= 11 is 0. The molecule has 1 aromatic carbocycles. The predicted molar refractivity (Wildman–Crippen MR) is 109 cm³/mol. The predicted octanol–water partition coefficient (Wildman–Crippen LogP) is 3.59. The first-order chi connectivity index (χ1) is 13.8. The highest BCUT2D eigenvalue weighted by Gasteiger charge is 2.43. The number of nitrogens with one attached hydrogen (secondary N) is 1. The minimum absolute atomic E-state index is 0.234. The molecule has 1 saturated heterocycles. The molecule has 2 unspecified atom stereocenters. The number of carbonyl (C=O) groups is 2. The van der Waals surface area contributed by atoms with Crippen LogP contribution in [-0.2, 0) is 9.59 Å². The lowest BCUT2D eigenvalue weighted by Crippen LogP contribution is -2.42. The van der Waals surface area contributed by atoms with Gasteiger partial charge in [-0.2, -0.15) is 0 Å². The van der Waals surface area contributed by atoms with E-state index >= 15 is 0 Å². The number of anilines is 1. The average molecular weight is 377 g/mol. The van der Waals surface area contributed by atoms with Gasteiger partial charge in [-0.05, 0) is 47.9 Å². The molecule has 146 valence electrons. The van der Waals surface area contributed by atoms with Gasteiger partial charge >= 0.3 is 0 Å². The van der Waals surface area contributed by atoms with Crippen LogP contribution in [0.5, 0.6) is 0 Å². The number of aldehydes is 1. The Morgan fingerprint density at radius 2 is 2.00 bits per heavy atom. The third-order valence-corrected chi connectivity index (χ3v) is 6.22. The topological polar surface area (TPSA) is 62.3 Å². The summed E-state index contributed by atoms with van der Waals surface area (Å²) in [6.45, 7) is 2.33. The van der Waals surface area contributed by atoms with Crippen molar-refractivity contribution in [3.63, 3.8) is 0 Å². The number of pyridine rings is 1. The number of benzene rings is 1. The van der Waals surface area contributed by atoms with Crippen LogP contribution in [0.25, 0.3) is 0 Å². The van der Waals surface area contributed by atoms with E-state index in [4.69, 9.17) is 0 Å². The van der Waals surface area contributed by atoms with Crippen LogP contribution in [0.3, 0.4) is 0 Å². The fraction of sp³-hybridized carbons (Fsp3) is 0.435. The number of carbonyl (C=O) groups excluding carboxylic acids is 2. The maximum absolute atomic E-state index is 12.7. The molecular formula is C23H27N3O2. The van der Waals surface area contributed by atoms with Gasteiger partial charge in [-0.1, -0.05) is 30.3 Å². The number of rotatable bonds is 7. The molecule has 2 aromatic rings. The monoisotopic (exact) mass is 377 g/mol. The molecule has 5 nitrogen and oxygen atoms in total. The summed E-state index contributed by atoms with van der Waals surface area (Å²) in [5.41, 5.74) is 2.66. The van der Waals surface area contributed by atoms with Crippen molar-refractivity contribution < 1.29 is 9.59 Å².